The minimum absolute atomic E-state index is 0.139. The van der Waals surface area contributed by atoms with Crippen LogP contribution in [0.1, 0.15) is 36.2 Å². The molecule has 3 rings (SSSR count). The number of nitrogens with two attached hydrogens (primary N) is 1. The van der Waals surface area contributed by atoms with Gasteiger partial charge in [-0.05, 0) is 49.1 Å². The zero-order chi connectivity index (χ0) is 25.0. The van der Waals surface area contributed by atoms with Crippen LogP contribution < -0.4 is 9.88 Å². The molecular formula is C24H29N3O6S. The van der Waals surface area contributed by atoms with Crippen molar-refractivity contribution in [3.8, 4) is 17.2 Å². The maximum absolute atomic E-state index is 12.1. The Morgan fingerprint density at radius 1 is 1.21 bits per heavy atom. The van der Waals surface area contributed by atoms with E-state index in [1.165, 1.54) is 6.26 Å². The third-order valence-corrected chi connectivity index (χ3v) is 6.33. The first-order valence-electron chi connectivity index (χ1n) is 10.7. The van der Waals surface area contributed by atoms with Gasteiger partial charge in [0.15, 0.2) is 0 Å². The zero-order valence-electron chi connectivity index (χ0n) is 19.6. The summed E-state index contributed by atoms with van der Waals surface area (Å²) >= 11 is 0. The monoisotopic (exact) mass is 487 g/mol. The molecule has 1 unspecified atom stereocenters. The average Bonchev–Trinajstić information content (AvgIpc) is 3.21. The van der Waals surface area contributed by atoms with Crippen molar-refractivity contribution in [1.29, 1.82) is 0 Å². The number of rotatable bonds is 10. The molecule has 0 bridgehead atoms. The minimum Gasteiger partial charge on any atom is -0.487 e. The van der Waals surface area contributed by atoms with E-state index in [9.17, 15) is 18.3 Å². The van der Waals surface area contributed by atoms with Crippen LogP contribution >= 0.6 is 0 Å². The molecule has 0 amide bonds. The number of hydrogen-bond acceptors (Lipinski definition) is 6. The molecule has 2 aromatic carbocycles. The van der Waals surface area contributed by atoms with Crippen LogP contribution in [0.3, 0.4) is 0 Å². The molecule has 0 radical (unpaired) electrons. The second-order valence-electron chi connectivity index (χ2n) is 8.52. The standard InChI is InChI=1S/C24H29N3O6S/c1-15(2)22(24(28)29)27(34(25,30)31)12-18-6-5-7-20(11-18)32-13-19-14-33-23(26-19)21-10-16(3)8-9-17(21)4/h5-11,14-15,22H,12-13H2,1-4H3,(H,28,29)(H2,25,30,31). The molecule has 34 heavy (non-hydrogen) atoms. The third-order valence-electron chi connectivity index (χ3n) is 5.32. The lowest BCUT2D eigenvalue weighted by Crippen LogP contribution is -2.50. The van der Waals surface area contributed by atoms with E-state index in [1.807, 2.05) is 32.0 Å². The first-order valence-corrected chi connectivity index (χ1v) is 12.2. The van der Waals surface area contributed by atoms with E-state index in [2.05, 4.69) is 4.98 Å². The summed E-state index contributed by atoms with van der Waals surface area (Å²) in [5.74, 6) is -0.763. The predicted octanol–water partition coefficient (Wildman–Crippen LogP) is 3.65. The Balaban J connectivity index is 1.74. The number of aromatic nitrogens is 1. The number of carbonyl (C=O) groups is 1. The normalized spacial score (nSPS) is 12.8. The fourth-order valence-electron chi connectivity index (χ4n) is 3.62. The Bertz CT molecular complexity index is 1270. The second kappa shape index (κ2) is 10.4. The quantitative estimate of drug-likeness (QED) is 0.445. The number of ether oxygens (including phenoxy) is 1. The number of aryl methyl sites for hydroxylation is 2. The Morgan fingerprint density at radius 2 is 1.94 bits per heavy atom. The molecule has 0 fully saturated rings. The van der Waals surface area contributed by atoms with Crippen molar-refractivity contribution in [1.82, 2.24) is 9.29 Å². The highest BCUT2D eigenvalue weighted by Crippen LogP contribution is 2.25. The molecule has 1 aromatic heterocycles. The van der Waals surface area contributed by atoms with E-state index in [1.54, 1.807) is 38.1 Å². The number of carboxylic acid groups (broad SMARTS) is 1. The first kappa shape index (κ1) is 25.4. The SMILES string of the molecule is Cc1ccc(C)c(-c2nc(COc3cccc(CN(C(C(=O)O)C(C)C)S(N)(=O)=O)c3)co2)c1. The average molecular weight is 488 g/mol. The van der Waals surface area contributed by atoms with Crippen LogP contribution in [0.5, 0.6) is 5.75 Å². The Hall–Kier alpha value is -3.21. The van der Waals surface area contributed by atoms with Crippen LogP contribution in [0.4, 0.5) is 0 Å². The maximum atomic E-state index is 12.1. The molecule has 182 valence electrons. The number of hydrogen-bond donors (Lipinski definition) is 2. The Morgan fingerprint density at radius 3 is 2.59 bits per heavy atom. The van der Waals surface area contributed by atoms with Gasteiger partial charge in [-0.15, -0.1) is 0 Å². The third kappa shape index (κ3) is 6.22. The van der Waals surface area contributed by atoms with Gasteiger partial charge in [-0.1, -0.05) is 43.7 Å². The molecule has 0 saturated carbocycles. The summed E-state index contributed by atoms with van der Waals surface area (Å²) in [5, 5.41) is 14.9. The summed E-state index contributed by atoms with van der Waals surface area (Å²) in [7, 11) is -4.26. The van der Waals surface area contributed by atoms with E-state index in [4.69, 9.17) is 14.3 Å². The van der Waals surface area contributed by atoms with Gasteiger partial charge in [0.2, 0.25) is 5.89 Å². The molecule has 3 aromatic rings. The molecule has 0 aliphatic rings. The molecule has 0 saturated heterocycles. The van der Waals surface area contributed by atoms with Gasteiger partial charge in [-0.25, -0.2) is 10.1 Å². The lowest BCUT2D eigenvalue weighted by Gasteiger charge is -2.28. The highest BCUT2D eigenvalue weighted by Gasteiger charge is 2.35. The molecule has 9 nitrogen and oxygen atoms in total. The largest absolute Gasteiger partial charge is 0.487 e. The molecule has 10 heteroatoms. The number of benzene rings is 2. The van der Waals surface area contributed by atoms with Crippen molar-refractivity contribution in [3.05, 3.63) is 71.1 Å². The fraction of sp³-hybridized carbons (Fsp3) is 0.333. The van der Waals surface area contributed by atoms with E-state index >= 15 is 0 Å². The van der Waals surface area contributed by atoms with Gasteiger partial charge in [0.1, 0.15) is 30.4 Å². The fourth-order valence-corrected chi connectivity index (χ4v) is 4.60. The van der Waals surface area contributed by atoms with Crippen molar-refractivity contribution < 1.29 is 27.5 Å². The summed E-state index contributed by atoms with van der Waals surface area (Å²) in [6, 6.07) is 11.5. The highest BCUT2D eigenvalue weighted by molar-refractivity contribution is 7.86. The van der Waals surface area contributed by atoms with Gasteiger partial charge in [0.25, 0.3) is 10.2 Å². The van der Waals surface area contributed by atoms with E-state index in [0.717, 1.165) is 21.0 Å². The van der Waals surface area contributed by atoms with Crippen molar-refractivity contribution in [2.75, 3.05) is 0 Å². The summed E-state index contributed by atoms with van der Waals surface area (Å²) in [4.78, 5) is 16.2. The maximum Gasteiger partial charge on any atom is 0.322 e. The van der Waals surface area contributed by atoms with E-state index < -0.39 is 28.1 Å². The van der Waals surface area contributed by atoms with Crippen LogP contribution in [0.15, 0.2) is 53.1 Å². The zero-order valence-corrected chi connectivity index (χ0v) is 20.4. The molecule has 1 heterocycles. The van der Waals surface area contributed by atoms with Crippen LogP contribution in [0, 0.1) is 19.8 Å². The van der Waals surface area contributed by atoms with Crippen LogP contribution in [0.25, 0.3) is 11.5 Å². The van der Waals surface area contributed by atoms with Gasteiger partial charge in [-0.2, -0.15) is 12.7 Å². The van der Waals surface area contributed by atoms with Gasteiger partial charge in [0.05, 0.1) is 0 Å². The van der Waals surface area contributed by atoms with Crippen molar-refractivity contribution >= 4 is 16.2 Å². The Labute approximate surface area is 199 Å². The number of nitrogens with zero attached hydrogens (tertiary/aromatic N) is 2. The topological polar surface area (TPSA) is 136 Å². The summed E-state index contributed by atoms with van der Waals surface area (Å²) in [5.41, 5.74) is 4.19. The van der Waals surface area contributed by atoms with Gasteiger partial charge in [-0.3, -0.25) is 4.79 Å². The highest BCUT2D eigenvalue weighted by atomic mass is 32.2. The summed E-state index contributed by atoms with van der Waals surface area (Å²) in [6.45, 7) is 7.17. The summed E-state index contributed by atoms with van der Waals surface area (Å²) < 4.78 is 36.5. The van der Waals surface area contributed by atoms with Gasteiger partial charge in [0, 0.05) is 12.1 Å². The van der Waals surface area contributed by atoms with Gasteiger partial charge >= 0.3 is 5.97 Å². The predicted molar refractivity (Wildman–Crippen MR) is 127 cm³/mol. The molecule has 0 spiro atoms. The molecule has 1 atom stereocenters. The first-order chi connectivity index (χ1) is 16.0. The van der Waals surface area contributed by atoms with E-state index in [-0.39, 0.29) is 13.2 Å². The summed E-state index contributed by atoms with van der Waals surface area (Å²) in [6.07, 6.45) is 1.53. The lowest BCUT2D eigenvalue weighted by molar-refractivity contribution is -0.143. The van der Waals surface area contributed by atoms with Crippen molar-refractivity contribution in [3.63, 3.8) is 0 Å². The minimum atomic E-state index is -4.26. The van der Waals surface area contributed by atoms with Crippen molar-refractivity contribution in [2.24, 2.45) is 11.1 Å². The van der Waals surface area contributed by atoms with Crippen LogP contribution in [-0.4, -0.2) is 34.8 Å². The number of carboxylic acids is 1. The molecule has 0 aliphatic heterocycles. The van der Waals surface area contributed by atoms with Crippen LogP contribution in [0.2, 0.25) is 0 Å². The van der Waals surface area contributed by atoms with E-state index in [0.29, 0.717) is 22.9 Å². The molecule has 0 aliphatic carbocycles. The lowest BCUT2D eigenvalue weighted by atomic mass is 10.0. The number of oxazole rings is 1. The Kier molecular flexibility index (Phi) is 7.75. The molecular weight excluding hydrogens is 458 g/mol. The van der Waals surface area contributed by atoms with Crippen molar-refractivity contribution in [2.45, 2.75) is 46.9 Å². The van der Waals surface area contributed by atoms with Crippen LogP contribution in [-0.2, 0) is 28.2 Å². The molecule has 3 N–H and O–H groups in total. The van der Waals surface area contributed by atoms with Gasteiger partial charge < -0.3 is 14.3 Å². The number of aliphatic carboxylic acids is 1. The smallest absolute Gasteiger partial charge is 0.322 e. The second-order valence-corrected chi connectivity index (χ2v) is 10.0.